The Balaban J connectivity index is 1.58. The van der Waals surface area contributed by atoms with E-state index in [4.69, 9.17) is 25.8 Å². The van der Waals surface area contributed by atoms with E-state index in [-0.39, 0.29) is 17.7 Å². The predicted molar refractivity (Wildman–Crippen MR) is 115 cm³/mol. The number of anilines is 1. The molecule has 1 aliphatic rings. The molecule has 0 saturated carbocycles. The maximum atomic E-state index is 12.8. The molecule has 1 aliphatic heterocycles. The number of benzene rings is 2. The zero-order valence-electron chi connectivity index (χ0n) is 17.2. The van der Waals surface area contributed by atoms with Crippen LogP contribution in [0.5, 0.6) is 17.2 Å². The molecule has 30 heavy (non-hydrogen) atoms. The fourth-order valence-electron chi connectivity index (χ4n) is 3.49. The number of carbonyl (C=O) groups excluding carboxylic acids is 2. The van der Waals surface area contributed by atoms with Gasteiger partial charge in [-0.05, 0) is 49.2 Å². The second-order valence-electron chi connectivity index (χ2n) is 6.97. The summed E-state index contributed by atoms with van der Waals surface area (Å²) in [6.45, 7) is 1.02. The van der Waals surface area contributed by atoms with Crippen molar-refractivity contribution in [3.05, 3.63) is 47.0 Å². The molecule has 0 bridgehead atoms. The highest BCUT2D eigenvalue weighted by Gasteiger charge is 2.28. The van der Waals surface area contributed by atoms with Gasteiger partial charge in [-0.25, -0.2) is 0 Å². The molecule has 0 unspecified atom stereocenters. The highest BCUT2D eigenvalue weighted by Crippen LogP contribution is 2.30. The quantitative estimate of drug-likeness (QED) is 0.750. The van der Waals surface area contributed by atoms with Gasteiger partial charge in [0.25, 0.3) is 5.91 Å². The maximum Gasteiger partial charge on any atom is 0.253 e. The average molecular weight is 433 g/mol. The van der Waals surface area contributed by atoms with Gasteiger partial charge in [0, 0.05) is 30.3 Å². The van der Waals surface area contributed by atoms with Crippen LogP contribution in [-0.2, 0) is 4.79 Å². The number of ether oxygens (including phenoxy) is 3. The van der Waals surface area contributed by atoms with Crippen LogP contribution < -0.4 is 19.5 Å². The van der Waals surface area contributed by atoms with Crippen molar-refractivity contribution in [1.29, 1.82) is 0 Å². The van der Waals surface area contributed by atoms with Crippen molar-refractivity contribution in [2.45, 2.75) is 12.8 Å². The van der Waals surface area contributed by atoms with Crippen molar-refractivity contribution in [2.75, 3.05) is 39.7 Å². The van der Waals surface area contributed by atoms with E-state index in [2.05, 4.69) is 5.32 Å². The molecular weight excluding hydrogens is 408 g/mol. The first-order chi connectivity index (χ1) is 14.5. The molecule has 8 heteroatoms. The van der Waals surface area contributed by atoms with Crippen LogP contribution >= 0.6 is 11.6 Å². The minimum atomic E-state index is -0.166. The van der Waals surface area contributed by atoms with E-state index in [1.54, 1.807) is 48.4 Å². The number of amides is 2. The molecule has 2 aromatic rings. The summed E-state index contributed by atoms with van der Waals surface area (Å²) in [5.74, 6) is 1.31. The molecule has 1 N–H and O–H groups in total. The number of nitrogens with one attached hydrogen (secondary N) is 1. The topological polar surface area (TPSA) is 77.1 Å². The first kappa shape index (κ1) is 21.8. The Bertz CT molecular complexity index is 926. The van der Waals surface area contributed by atoms with E-state index in [9.17, 15) is 9.59 Å². The molecular formula is C22H25ClN2O5. The van der Waals surface area contributed by atoms with Crippen LogP contribution in [0.2, 0.25) is 5.02 Å². The highest BCUT2D eigenvalue weighted by molar-refractivity contribution is 6.32. The third kappa shape index (κ3) is 4.79. The van der Waals surface area contributed by atoms with Gasteiger partial charge >= 0.3 is 0 Å². The number of methoxy groups -OCH3 is 3. The second kappa shape index (κ2) is 9.71. The Labute approximate surface area is 180 Å². The van der Waals surface area contributed by atoms with Crippen molar-refractivity contribution < 1.29 is 23.8 Å². The molecule has 0 radical (unpaired) electrons. The van der Waals surface area contributed by atoms with Gasteiger partial charge in [0.1, 0.15) is 5.75 Å². The van der Waals surface area contributed by atoms with Gasteiger partial charge in [-0.1, -0.05) is 11.6 Å². The molecule has 2 aromatic carbocycles. The largest absolute Gasteiger partial charge is 0.495 e. The first-order valence-electron chi connectivity index (χ1n) is 9.62. The van der Waals surface area contributed by atoms with E-state index in [0.29, 0.717) is 59.5 Å². The highest BCUT2D eigenvalue weighted by atomic mass is 35.5. The van der Waals surface area contributed by atoms with Gasteiger partial charge in [-0.3, -0.25) is 9.59 Å². The number of carbonyl (C=O) groups is 2. The Morgan fingerprint density at radius 2 is 1.57 bits per heavy atom. The summed E-state index contributed by atoms with van der Waals surface area (Å²) < 4.78 is 15.6. The summed E-state index contributed by atoms with van der Waals surface area (Å²) in [5.41, 5.74) is 1.15. The van der Waals surface area contributed by atoms with E-state index in [1.807, 2.05) is 0 Å². The van der Waals surface area contributed by atoms with Gasteiger partial charge < -0.3 is 24.4 Å². The lowest BCUT2D eigenvalue weighted by Gasteiger charge is -2.31. The molecule has 0 aliphatic carbocycles. The number of hydrogen-bond donors (Lipinski definition) is 1. The predicted octanol–water partition coefficient (Wildman–Crippen LogP) is 3.86. The minimum Gasteiger partial charge on any atom is -0.495 e. The molecule has 0 aromatic heterocycles. The fraction of sp³-hybridized carbons (Fsp3) is 0.364. The SMILES string of the molecule is COc1ccc(NC(=O)C2CCN(C(=O)c3ccc(OC)c(OC)c3)CC2)cc1Cl. The molecule has 3 rings (SSSR count). The molecule has 1 fully saturated rings. The Hall–Kier alpha value is -2.93. The van der Waals surface area contributed by atoms with E-state index < -0.39 is 0 Å². The standard InChI is InChI=1S/C22H25ClN2O5/c1-28-18-7-5-16(13-17(18)23)24-21(26)14-8-10-25(11-9-14)22(27)15-4-6-19(29-2)20(12-15)30-3/h4-7,12-14H,8-11H2,1-3H3,(H,24,26). The molecule has 0 atom stereocenters. The van der Waals surface area contributed by atoms with Crippen LogP contribution in [0.1, 0.15) is 23.2 Å². The van der Waals surface area contributed by atoms with Crippen LogP contribution in [0.4, 0.5) is 5.69 Å². The van der Waals surface area contributed by atoms with Crippen LogP contribution in [0.25, 0.3) is 0 Å². The number of hydrogen-bond acceptors (Lipinski definition) is 5. The Kier molecular flexibility index (Phi) is 7.05. The van der Waals surface area contributed by atoms with Gasteiger partial charge in [-0.15, -0.1) is 0 Å². The summed E-state index contributed by atoms with van der Waals surface area (Å²) in [6, 6.07) is 10.2. The lowest BCUT2D eigenvalue weighted by Crippen LogP contribution is -2.41. The van der Waals surface area contributed by atoms with Crippen LogP contribution in [-0.4, -0.2) is 51.1 Å². The zero-order valence-corrected chi connectivity index (χ0v) is 18.0. The number of rotatable bonds is 6. The van der Waals surface area contributed by atoms with Crippen molar-refractivity contribution in [2.24, 2.45) is 5.92 Å². The lowest BCUT2D eigenvalue weighted by molar-refractivity contribution is -0.121. The minimum absolute atomic E-state index is 0.0746. The molecule has 160 valence electrons. The smallest absolute Gasteiger partial charge is 0.253 e. The van der Waals surface area contributed by atoms with Gasteiger partial charge in [-0.2, -0.15) is 0 Å². The summed E-state index contributed by atoms with van der Waals surface area (Å²) >= 11 is 6.11. The van der Waals surface area contributed by atoms with Crippen molar-refractivity contribution in [3.63, 3.8) is 0 Å². The summed E-state index contributed by atoms with van der Waals surface area (Å²) in [5, 5.41) is 3.33. The second-order valence-corrected chi connectivity index (χ2v) is 7.38. The monoisotopic (exact) mass is 432 g/mol. The molecule has 0 spiro atoms. The summed E-state index contributed by atoms with van der Waals surface area (Å²) in [6.07, 6.45) is 1.18. The molecule has 2 amide bonds. The molecule has 1 heterocycles. The van der Waals surface area contributed by atoms with Gasteiger partial charge in [0.15, 0.2) is 11.5 Å². The summed E-state index contributed by atoms with van der Waals surface area (Å²) in [4.78, 5) is 27.2. The number of piperidine rings is 1. The zero-order chi connectivity index (χ0) is 21.7. The number of nitrogens with zero attached hydrogens (tertiary/aromatic N) is 1. The van der Waals surface area contributed by atoms with Gasteiger partial charge in [0.2, 0.25) is 5.91 Å². The fourth-order valence-corrected chi connectivity index (χ4v) is 3.74. The van der Waals surface area contributed by atoms with Crippen molar-refractivity contribution in [3.8, 4) is 17.2 Å². The van der Waals surface area contributed by atoms with Crippen molar-refractivity contribution >= 4 is 29.1 Å². The summed E-state index contributed by atoms with van der Waals surface area (Å²) in [7, 11) is 4.62. The Morgan fingerprint density at radius 3 is 2.17 bits per heavy atom. The Morgan fingerprint density at radius 1 is 0.933 bits per heavy atom. The average Bonchev–Trinajstić information content (AvgIpc) is 2.78. The van der Waals surface area contributed by atoms with E-state index in [0.717, 1.165) is 0 Å². The molecule has 1 saturated heterocycles. The van der Waals surface area contributed by atoms with Crippen molar-refractivity contribution in [1.82, 2.24) is 4.90 Å². The van der Waals surface area contributed by atoms with E-state index >= 15 is 0 Å². The van der Waals surface area contributed by atoms with Crippen LogP contribution in [0, 0.1) is 5.92 Å². The van der Waals surface area contributed by atoms with Crippen LogP contribution in [0.3, 0.4) is 0 Å². The third-order valence-corrected chi connectivity index (χ3v) is 5.50. The normalized spacial score (nSPS) is 14.2. The van der Waals surface area contributed by atoms with E-state index in [1.165, 1.54) is 14.2 Å². The number of likely N-dealkylation sites (tertiary alicyclic amines) is 1. The van der Waals surface area contributed by atoms with Gasteiger partial charge in [0.05, 0.1) is 26.4 Å². The first-order valence-corrected chi connectivity index (χ1v) is 10.00. The van der Waals surface area contributed by atoms with Crippen LogP contribution in [0.15, 0.2) is 36.4 Å². The number of halogens is 1. The maximum absolute atomic E-state index is 12.8. The molecule has 7 nitrogen and oxygen atoms in total. The lowest BCUT2D eigenvalue weighted by atomic mass is 9.95. The third-order valence-electron chi connectivity index (χ3n) is 5.20.